The lowest BCUT2D eigenvalue weighted by Gasteiger charge is -2.30. The van der Waals surface area contributed by atoms with Crippen LogP contribution in [0.1, 0.15) is 10.4 Å². The largest absolute Gasteiger partial charge is 0.540 e. The number of amides is 1. The molecule has 6 nitrogen and oxygen atoms in total. The lowest BCUT2D eigenvalue weighted by molar-refractivity contribution is -0.461. The van der Waals surface area contributed by atoms with Gasteiger partial charge in [-0.2, -0.15) is 8.78 Å². The van der Waals surface area contributed by atoms with Gasteiger partial charge in [0.25, 0.3) is 0 Å². The Morgan fingerprint density at radius 2 is 2.08 bits per heavy atom. The van der Waals surface area contributed by atoms with E-state index in [9.17, 15) is 22.4 Å². The van der Waals surface area contributed by atoms with Crippen LogP contribution in [0, 0.1) is 0 Å². The van der Waals surface area contributed by atoms with Gasteiger partial charge in [-0.15, -0.1) is 20.1 Å². The summed E-state index contributed by atoms with van der Waals surface area (Å²) in [5.74, 6) is -1.06. The predicted octanol–water partition coefficient (Wildman–Crippen LogP) is 2.92. The zero-order valence-electron chi connectivity index (χ0n) is 11.7. The van der Waals surface area contributed by atoms with Crippen LogP contribution in [0.15, 0.2) is 23.7 Å². The average Bonchev–Trinajstić information content (AvgIpc) is 2.83. The van der Waals surface area contributed by atoms with E-state index >= 15 is 0 Å². The zero-order valence-corrected chi connectivity index (χ0v) is 12.5. The summed E-state index contributed by atoms with van der Waals surface area (Å²) in [6.07, 6.45) is -8.81. The third-order valence-corrected chi connectivity index (χ3v) is 3.90. The lowest BCUT2D eigenvalue weighted by atomic mass is 10.1. The van der Waals surface area contributed by atoms with Crippen molar-refractivity contribution < 1.29 is 31.8 Å². The number of rotatable bonds is 3. The number of halogens is 4. The van der Waals surface area contributed by atoms with E-state index in [0.29, 0.717) is 4.88 Å². The molecule has 0 bridgehead atoms. The summed E-state index contributed by atoms with van der Waals surface area (Å²) in [6.45, 7) is 0. The molecule has 1 aromatic heterocycles. The summed E-state index contributed by atoms with van der Waals surface area (Å²) in [7, 11) is 0. The van der Waals surface area contributed by atoms with Gasteiger partial charge in [-0.05, 0) is 18.2 Å². The van der Waals surface area contributed by atoms with Crippen molar-refractivity contribution in [2.45, 2.75) is 18.8 Å². The van der Waals surface area contributed by atoms with Gasteiger partial charge in [-0.25, -0.2) is 9.72 Å². The number of hydrogen-bond acceptors (Lipinski definition) is 6. The molecule has 0 saturated carbocycles. The Balaban J connectivity index is 1.79. The van der Waals surface area contributed by atoms with Gasteiger partial charge in [0.15, 0.2) is 0 Å². The Morgan fingerprint density at radius 1 is 1.33 bits per heavy atom. The zero-order chi connectivity index (χ0) is 17.5. The van der Waals surface area contributed by atoms with E-state index in [-0.39, 0.29) is 17.9 Å². The van der Waals surface area contributed by atoms with Gasteiger partial charge in [0.05, 0.1) is 22.4 Å². The highest BCUT2D eigenvalue weighted by molar-refractivity contribution is 7.10. The SMILES string of the molecule is Nc1ncsc1CC(=O)Nc1ccc2c(c1)C(F)(F)OC(F)(F)O2. The van der Waals surface area contributed by atoms with Crippen LogP contribution in [0.3, 0.4) is 0 Å². The molecular formula is C13H9F4N3O3S. The maximum Gasteiger partial charge on any atom is 0.540 e. The van der Waals surface area contributed by atoms with Crippen LogP contribution in [0.5, 0.6) is 5.75 Å². The number of benzene rings is 1. The fourth-order valence-electron chi connectivity index (χ4n) is 2.04. The van der Waals surface area contributed by atoms with Crippen LogP contribution in [-0.4, -0.2) is 17.2 Å². The summed E-state index contributed by atoms with van der Waals surface area (Å²) >= 11 is 1.17. The number of fused-ring (bicyclic) bond motifs is 1. The first-order valence-electron chi connectivity index (χ1n) is 6.43. The van der Waals surface area contributed by atoms with Gasteiger partial charge in [0.2, 0.25) is 5.91 Å². The Labute approximate surface area is 136 Å². The third kappa shape index (κ3) is 3.26. The Kier molecular flexibility index (Phi) is 3.84. The van der Waals surface area contributed by atoms with Crippen LogP contribution >= 0.6 is 11.3 Å². The molecule has 1 aliphatic rings. The van der Waals surface area contributed by atoms with E-state index in [4.69, 9.17) is 5.73 Å². The first-order valence-corrected chi connectivity index (χ1v) is 7.31. The number of nitrogens with two attached hydrogens (primary N) is 1. The van der Waals surface area contributed by atoms with Crippen LogP contribution in [0.2, 0.25) is 0 Å². The molecule has 0 aliphatic carbocycles. The number of aromatic nitrogens is 1. The smallest absolute Gasteiger partial charge is 0.409 e. The molecule has 0 fully saturated rings. The number of nitrogen functional groups attached to an aromatic ring is 1. The van der Waals surface area contributed by atoms with E-state index < -0.39 is 29.6 Å². The van der Waals surface area contributed by atoms with Crippen molar-refractivity contribution in [3.63, 3.8) is 0 Å². The second-order valence-electron chi connectivity index (χ2n) is 4.78. The normalized spacial score (nSPS) is 17.7. The molecule has 0 radical (unpaired) electrons. The molecule has 2 heterocycles. The Morgan fingerprint density at radius 3 is 2.75 bits per heavy atom. The number of anilines is 2. The van der Waals surface area contributed by atoms with E-state index in [0.717, 1.165) is 18.2 Å². The number of ether oxygens (including phenoxy) is 2. The standard InChI is InChI=1S/C13H9F4N3O3S/c14-12(15)7-3-6(1-2-8(7)22-13(16,17)23-12)20-10(21)4-9-11(18)19-5-24-9/h1-3,5H,4,18H2,(H,20,21). The number of hydrogen-bond donors (Lipinski definition) is 2. The average molecular weight is 363 g/mol. The number of nitrogens with one attached hydrogen (secondary N) is 1. The van der Waals surface area contributed by atoms with Crippen molar-refractivity contribution in [2.24, 2.45) is 0 Å². The van der Waals surface area contributed by atoms with Gasteiger partial charge >= 0.3 is 12.4 Å². The topological polar surface area (TPSA) is 86.5 Å². The summed E-state index contributed by atoms with van der Waals surface area (Å²) in [6, 6.07) is 2.86. The minimum absolute atomic E-state index is 0.0288. The number of alkyl halides is 4. The van der Waals surface area contributed by atoms with Crippen molar-refractivity contribution in [1.82, 2.24) is 4.98 Å². The Bertz CT molecular complexity index is 797. The van der Waals surface area contributed by atoms with E-state index in [1.54, 1.807) is 0 Å². The van der Waals surface area contributed by atoms with Crippen molar-refractivity contribution >= 4 is 28.7 Å². The Hall–Kier alpha value is -2.40. The highest BCUT2D eigenvalue weighted by Gasteiger charge is 2.54. The minimum atomic E-state index is -4.44. The number of thiazole rings is 1. The fourth-order valence-corrected chi connectivity index (χ4v) is 2.72. The highest BCUT2D eigenvalue weighted by Crippen LogP contribution is 2.46. The maximum absolute atomic E-state index is 13.7. The highest BCUT2D eigenvalue weighted by atomic mass is 32.1. The fraction of sp³-hybridized carbons (Fsp3) is 0.231. The second kappa shape index (κ2) is 5.60. The number of carbonyl (C=O) groups excluding carboxylic acids is 1. The van der Waals surface area contributed by atoms with Crippen LogP contribution in [0.25, 0.3) is 0 Å². The monoisotopic (exact) mass is 363 g/mol. The van der Waals surface area contributed by atoms with Crippen LogP contribution in [-0.2, 0) is 22.1 Å². The first kappa shape index (κ1) is 16.5. The number of nitrogens with zero attached hydrogens (tertiary/aromatic N) is 1. The van der Waals surface area contributed by atoms with Gasteiger partial charge < -0.3 is 15.8 Å². The predicted molar refractivity (Wildman–Crippen MR) is 75.9 cm³/mol. The van der Waals surface area contributed by atoms with Gasteiger partial charge in [0, 0.05) is 5.69 Å². The minimum Gasteiger partial charge on any atom is -0.409 e. The molecule has 128 valence electrons. The van der Waals surface area contributed by atoms with Gasteiger partial charge in [-0.3, -0.25) is 4.79 Å². The third-order valence-electron chi connectivity index (χ3n) is 3.05. The van der Waals surface area contributed by atoms with Gasteiger partial charge in [0.1, 0.15) is 11.6 Å². The molecule has 24 heavy (non-hydrogen) atoms. The molecule has 11 heteroatoms. The van der Waals surface area contributed by atoms with E-state index in [1.165, 1.54) is 16.8 Å². The summed E-state index contributed by atoms with van der Waals surface area (Å²) in [5.41, 5.74) is 6.07. The van der Waals surface area contributed by atoms with Gasteiger partial charge in [-0.1, -0.05) is 0 Å². The van der Waals surface area contributed by atoms with Crippen LogP contribution < -0.4 is 15.8 Å². The molecule has 0 saturated heterocycles. The molecule has 3 N–H and O–H groups in total. The number of carbonyl (C=O) groups is 1. The van der Waals surface area contributed by atoms with E-state index in [1.807, 2.05) is 0 Å². The summed E-state index contributed by atoms with van der Waals surface area (Å²) < 4.78 is 60.5. The van der Waals surface area contributed by atoms with Crippen LogP contribution in [0.4, 0.5) is 29.1 Å². The summed E-state index contributed by atoms with van der Waals surface area (Å²) in [5, 5.41) is 2.37. The van der Waals surface area contributed by atoms with Crippen molar-refractivity contribution in [2.75, 3.05) is 11.1 Å². The summed E-state index contributed by atoms with van der Waals surface area (Å²) in [4.78, 5) is 16.2. The molecule has 1 aromatic carbocycles. The van der Waals surface area contributed by atoms with E-state index in [2.05, 4.69) is 19.8 Å². The molecule has 2 aromatic rings. The van der Waals surface area contributed by atoms with Crippen molar-refractivity contribution in [3.8, 4) is 5.75 Å². The first-order chi connectivity index (χ1) is 11.2. The maximum atomic E-state index is 13.7. The quantitative estimate of drug-likeness (QED) is 0.819. The molecule has 1 aliphatic heterocycles. The molecule has 3 rings (SSSR count). The van der Waals surface area contributed by atoms with Crippen molar-refractivity contribution in [3.05, 3.63) is 34.2 Å². The molecule has 0 atom stereocenters. The molecule has 0 spiro atoms. The lowest BCUT2D eigenvalue weighted by Crippen LogP contribution is -2.41. The molecule has 0 unspecified atom stereocenters. The molecule has 1 amide bonds. The molecular weight excluding hydrogens is 354 g/mol. The second-order valence-corrected chi connectivity index (χ2v) is 5.72. The van der Waals surface area contributed by atoms with Crippen molar-refractivity contribution in [1.29, 1.82) is 0 Å².